The molecule has 3 N–H and O–H groups in total. The van der Waals surface area contributed by atoms with E-state index in [2.05, 4.69) is 15.2 Å². The van der Waals surface area contributed by atoms with Gasteiger partial charge in [-0.1, -0.05) is 0 Å². The van der Waals surface area contributed by atoms with Crippen LogP contribution in [0.5, 0.6) is 0 Å². The maximum absolute atomic E-state index is 5.74. The van der Waals surface area contributed by atoms with Gasteiger partial charge in [-0.15, -0.1) is 0 Å². The number of amidine groups is 1. The van der Waals surface area contributed by atoms with Gasteiger partial charge in [-0.2, -0.15) is 0 Å². The molecule has 2 aliphatic rings. The zero-order valence-corrected chi connectivity index (χ0v) is 7.20. The number of nitrogens with two attached hydrogens (primary N) is 1. The lowest BCUT2D eigenvalue weighted by molar-refractivity contribution is 0.414. The molecule has 2 heterocycles. The number of nitrogens with one attached hydrogen (secondary N) is 1. The van der Waals surface area contributed by atoms with E-state index in [1.165, 1.54) is 0 Å². The Hall–Kier alpha value is -1.45. The van der Waals surface area contributed by atoms with Gasteiger partial charge in [0.15, 0.2) is 6.17 Å². The van der Waals surface area contributed by atoms with Gasteiger partial charge in [0.2, 0.25) is 0 Å². The monoisotopic (exact) mass is 164 g/mol. The normalized spacial score (nSPS) is 27.0. The molecule has 1 unspecified atom stereocenters. The van der Waals surface area contributed by atoms with Crippen LogP contribution in [0.4, 0.5) is 0 Å². The number of hydrogen-bond donors (Lipinski definition) is 2. The molecule has 0 fully saturated rings. The lowest BCUT2D eigenvalue weighted by atomic mass is 10.3. The van der Waals surface area contributed by atoms with Crippen LogP contribution in [-0.2, 0) is 0 Å². The molecule has 0 radical (unpaired) electrons. The Morgan fingerprint density at radius 3 is 3.08 bits per heavy atom. The number of nitrogens with zero attached hydrogens (tertiary/aromatic N) is 2. The van der Waals surface area contributed by atoms with Gasteiger partial charge in [-0.25, -0.2) is 4.99 Å². The van der Waals surface area contributed by atoms with Gasteiger partial charge < -0.3 is 16.0 Å². The molecule has 0 saturated heterocycles. The summed E-state index contributed by atoms with van der Waals surface area (Å²) in [5, 5.41) is 3.14. The Morgan fingerprint density at radius 1 is 1.58 bits per heavy atom. The van der Waals surface area contributed by atoms with E-state index in [9.17, 15) is 0 Å². The van der Waals surface area contributed by atoms with Gasteiger partial charge in [0.25, 0.3) is 0 Å². The molecule has 0 aliphatic carbocycles. The third kappa shape index (κ3) is 0.879. The van der Waals surface area contributed by atoms with Crippen LogP contribution < -0.4 is 11.1 Å². The SMILES string of the molecule is CC1=CN2C(C)=CNC2C(N)=N1. The highest BCUT2D eigenvalue weighted by atomic mass is 15.3. The summed E-state index contributed by atoms with van der Waals surface area (Å²) in [7, 11) is 0. The second kappa shape index (κ2) is 2.27. The summed E-state index contributed by atoms with van der Waals surface area (Å²) in [5.74, 6) is 0.628. The number of rotatable bonds is 0. The second-order valence-electron chi connectivity index (χ2n) is 3.07. The number of fused-ring (bicyclic) bond motifs is 1. The number of allylic oxidation sites excluding steroid dienone is 2. The molecule has 2 aliphatic heterocycles. The largest absolute Gasteiger partial charge is 0.384 e. The van der Waals surface area contributed by atoms with E-state index in [1.807, 2.05) is 26.2 Å². The van der Waals surface area contributed by atoms with Crippen molar-refractivity contribution in [2.45, 2.75) is 20.0 Å². The van der Waals surface area contributed by atoms with Crippen LogP contribution in [0.2, 0.25) is 0 Å². The number of aliphatic imine (C=N–C) groups is 1. The summed E-state index contributed by atoms with van der Waals surface area (Å²) in [4.78, 5) is 6.26. The zero-order valence-electron chi connectivity index (χ0n) is 7.20. The van der Waals surface area contributed by atoms with Crippen molar-refractivity contribution in [2.75, 3.05) is 0 Å². The molecule has 4 heteroatoms. The molecule has 12 heavy (non-hydrogen) atoms. The van der Waals surface area contributed by atoms with Crippen molar-refractivity contribution >= 4 is 5.84 Å². The standard InChI is InChI=1S/C8H12N4/c1-5-4-12-6(2)3-10-8(12)7(9)11-5/h3-4,8,10H,1-2H3,(H2,9,11). The van der Waals surface area contributed by atoms with Gasteiger partial charge in [0.1, 0.15) is 5.84 Å². The lowest BCUT2D eigenvalue weighted by Crippen LogP contribution is -2.46. The predicted octanol–water partition coefficient (Wildman–Crippen LogP) is 0.311. The molecule has 0 saturated carbocycles. The Balaban J connectivity index is 2.35. The molecular formula is C8H12N4. The highest BCUT2D eigenvalue weighted by Gasteiger charge is 2.27. The minimum atomic E-state index is 0.0358. The smallest absolute Gasteiger partial charge is 0.162 e. The molecule has 0 amide bonds. The molecule has 4 nitrogen and oxygen atoms in total. The Kier molecular flexibility index (Phi) is 1.36. The summed E-state index contributed by atoms with van der Waals surface area (Å²) in [6.45, 7) is 3.98. The van der Waals surface area contributed by atoms with Crippen LogP contribution in [0, 0.1) is 0 Å². The van der Waals surface area contributed by atoms with Crippen LogP contribution in [0.25, 0.3) is 0 Å². The van der Waals surface area contributed by atoms with Crippen LogP contribution in [0.3, 0.4) is 0 Å². The van der Waals surface area contributed by atoms with Crippen molar-refractivity contribution in [3.05, 3.63) is 23.8 Å². The fourth-order valence-corrected chi connectivity index (χ4v) is 1.46. The van der Waals surface area contributed by atoms with E-state index < -0.39 is 0 Å². The molecule has 0 bridgehead atoms. The molecule has 1 atom stereocenters. The van der Waals surface area contributed by atoms with Gasteiger partial charge in [0.05, 0.1) is 5.70 Å². The Morgan fingerprint density at radius 2 is 2.33 bits per heavy atom. The van der Waals surface area contributed by atoms with E-state index in [0.29, 0.717) is 5.84 Å². The first-order valence-electron chi connectivity index (χ1n) is 3.92. The van der Waals surface area contributed by atoms with E-state index in [0.717, 1.165) is 11.4 Å². The third-order valence-corrected chi connectivity index (χ3v) is 2.05. The van der Waals surface area contributed by atoms with E-state index in [1.54, 1.807) is 0 Å². The van der Waals surface area contributed by atoms with Crippen molar-refractivity contribution < 1.29 is 0 Å². The first kappa shape index (κ1) is 7.21. The Bertz CT molecular complexity index is 300. The third-order valence-electron chi connectivity index (χ3n) is 2.05. The first-order valence-corrected chi connectivity index (χ1v) is 3.92. The topological polar surface area (TPSA) is 53.6 Å². The lowest BCUT2D eigenvalue weighted by Gasteiger charge is -2.27. The van der Waals surface area contributed by atoms with Crippen LogP contribution >= 0.6 is 0 Å². The van der Waals surface area contributed by atoms with Gasteiger partial charge in [-0.3, -0.25) is 0 Å². The fraction of sp³-hybridized carbons (Fsp3) is 0.375. The second-order valence-corrected chi connectivity index (χ2v) is 3.07. The Labute approximate surface area is 71.4 Å². The molecule has 0 aromatic carbocycles. The van der Waals surface area contributed by atoms with E-state index in [-0.39, 0.29) is 6.17 Å². The molecule has 0 spiro atoms. The quantitative estimate of drug-likeness (QED) is 0.542. The molecular weight excluding hydrogens is 152 g/mol. The van der Waals surface area contributed by atoms with Crippen molar-refractivity contribution in [1.29, 1.82) is 0 Å². The van der Waals surface area contributed by atoms with E-state index in [4.69, 9.17) is 5.73 Å². The highest BCUT2D eigenvalue weighted by Crippen LogP contribution is 2.19. The summed E-state index contributed by atoms with van der Waals surface area (Å²) in [6.07, 6.45) is 3.98. The summed E-state index contributed by atoms with van der Waals surface area (Å²) in [5.41, 5.74) is 7.85. The fourth-order valence-electron chi connectivity index (χ4n) is 1.46. The maximum atomic E-state index is 5.74. The molecule has 2 rings (SSSR count). The van der Waals surface area contributed by atoms with E-state index >= 15 is 0 Å². The van der Waals surface area contributed by atoms with Gasteiger partial charge >= 0.3 is 0 Å². The van der Waals surface area contributed by atoms with Crippen molar-refractivity contribution in [3.63, 3.8) is 0 Å². The van der Waals surface area contributed by atoms with Crippen LogP contribution in [0.1, 0.15) is 13.8 Å². The predicted molar refractivity (Wildman–Crippen MR) is 47.9 cm³/mol. The van der Waals surface area contributed by atoms with Crippen molar-refractivity contribution in [3.8, 4) is 0 Å². The molecule has 0 aromatic rings. The minimum Gasteiger partial charge on any atom is -0.384 e. The highest BCUT2D eigenvalue weighted by molar-refractivity contribution is 5.88. The van der Waals surface area contributed by atoms with Gasteiger partial charge in [-0.05, 0) is 13.8 Å². The average molecular weight is 164 g/mol. The maximum Gasteiger partial charge on any atom is 0.162 e. The van der Waals surface area contributed by atoms with Crippen LogP contribution in [-0.4, -0.2) is 16.9 Å². The summed E-state index contributed by atoms with van der Waals surface area (Å²) < 4.78 is 0. The minimum absolute atomic E-state index is 0.0358. The van der Waals surface area contributed by atoms with Crippen LogP contribution in [0.15, 0.2) is 28.8 Å². The first-order chi connectivity index (χ1) is 5.68. The molecule has 0 aromatic heterocycles. The average Bonchev–Trinajstić information content (AvgIpc) is 2.33. The van der Waals surface area contributed by atoms with Gasteiger partial charge in [0, 0.05) is 18.1 Å². The van der Waals surface area contributed by atoms with Crippen molar-refractivity contribution in [2.24, 2.45) is 10.7 Å². The zero-order chi connectivity index (χ0) is 8.72. The number of hydrogen-bond acceptors (Lipinski definition) is 4. The summed E-state index contributed by atoms with van der Waals surface area (Å²) in [6, 6.07) is 0. The molecule has 64 valence electrons. The summed E-state index contributed by atoms with van der Waals surface area (Å²) >= 11 is 0. The van der Waals surface area contributed by atoms with Crippen molar-refractivity contribution in [1.82, 2.24) is 10.2 Å².